The maximum Gasteiger partial charge on any atom is 0.129 e. The number of aryl methyl sites for hydroxylation is 1. The molecule has 0 aromatic carbocycles. The average Bonchev–Trinajstić information content (AvgIpc) is 2.46. The molecule has 0 spiro atoms. The summed E-state index contributed by atoms with van der Waals surface area (Å²) < 4.78 is 5.26. The van der Waals surface area contributed by atoms with Crippen molar-refractivity contribution in [3.8, 4) is 0 Å². The van der Waals surface area contributed by atoms with E-state index in [0.717, 1.165) is 16.9 Å². The van der Waals surface area contributed by atoms with Gasteiger partial charge in [0.1, 0.15) is 5.76 Å². The Morgan fingerprint density at radius 2 is 2.31 bits per heavy atom. The van der Waals surface area contributed by atoms with Crippen molar-refractivity contribution in [1.29, 1.82) is 0 Å². The summed E-state index contributed by atoms with van der Waals surface area (Å²) in [5.41, 5.74) is 2.10. The Kier molecular flexibility index (Phi) is 3.32. The average molecular weight is 180 g/mol. The summed E-state index contributed by atoms with van der Waals surface area (Å²) in [6, 6.07) is 1.92. The van der Waals surface area contributed by atoms with E-state index in [2.05, 4.69) is 13.8 Å². The molecule has 0 atom stereocenters. The predicted octanol–water partition coefficient (Wildman–Crippen LogP) is 2.62. The summed E-state index contributed by atoms with van der Waals surface area (Å²) in [4.78, 5) is 0. The molecule has 13 heavy (non-hydrogen) atoms. The van der Waals surface area contributed by atoms with Crippen LogP contribution in [0.25, 0.3) is 6.08 Å². The Bertz CT molecular complexity index is 295. The molecule has 1 heterocycles. The van der Waals surface area contributed by atoms with Gasteiger partial charge in [0.25, 0.3) is 0 Å². The van der Waals surface area contributed by atoms with E-state index in [-0.39, 0.29) is 6.61 Å². The summed E-state index contributed by atoms with van der Waals surface area (Å²) in [7, 11) is 0. The minimum Gasteiger partial charge on any atom is -0.465 e. The maximum atomic E-state index is 9.08. The summed E-state index contributed by atoms with van der Waals surface area (Å²) in [6.07, 6.45) is 3.58. The molecule has 0 saturated heterocycles. The van der Waals surface area contributed by atoms with Crippen molar-refractivity contribution >= 4 is 6.08 Å². The molecule has 0 radical (unpaired) electrons. The first kappa shape index (κ1) is 10.1. The number of hydrogen-bond acceptors (Lipinski definition) is 2. The molecular weight excluding hydrogens is 164 g/mol. The fraction of sp³-hybridized carbons (Fsp3) is 0.455. The molecule has 1 aromatic rings. The zero-order chi connectivity index (χ0) is 9.84. The smallest absolute Gasteiger partial charge is 0.129 e. The summed E-state index contributed by atoms with van der Waals surface area (Å²) in [5.74, 6) is 1.20. The highest BCUT2D eigenvalue weighted by Gasteiger charge is 2.04. The summed E-state index contributed by atoms with van der Waals surface area (Å²) >= 11 is 0. The second-order valence-corrected chi connectivity index (χ2v) is 3.50. The van der Waals surface area contributed by atoms with Gasteiger partial charge in [0, 0.05) is 0 Å². The van der Waals surface area contributed by atoms with Gasteiger partial charge in [0.15, 0.2) is 0 Å². The lowest BCUT2D eigenvalue weighted by molar-refractivity contribution is 0.320. The highest BCUT2D eigenvalue weighted by molar-refractivity contribution is 5.51. The van der Waals surface area contributed by atoms with Crippen molar-refractivity contribution in [2.75, 3.05) is 6.61 Å². The van der Waals surface area contributed by atoms with Gasteiger partial charge in [0.2, 0.25) is 0 Å². The van der Waals surface area contributed by atoms with E-state index < -0.39 is 0 Å². The van der Waals surface area contributed by atoms with Crippen LogP contribution in [0.5, 0.6) is 0 Å². The van der Waals surface area contributed by atoms with Crippen LogP contribution in [-0.4, -0.2) is 11.7 Å². The largest absolute Gasteiger partial charge is 0.465 e. The van der Waals surface area contributed by atoms with Crippen LogP contribution < -0.4 is 0 Å². The first-order valence-electron chi connectivity index (χ1n) is 4.50. The monoisotopic (exact) mass is 180 g/mol. The Morgan fingerprint density at radius 3 is 2.69 bits per heavy atom. The molecular formula is C11H16O2. The highest BCUT2D eigenvalue weighted by Crippen LogP contribution is 2.17. The number of rotatable bonds is 3. The van der Waals surface area contributed by atoms with Crippen molar-refractivity contribution in [3.05, 3.63) is 29.2 Å². The van der Waals surface area contributed by atoms with E-state index in [0.29, 0.717) is 5.92 Å². The first-order chi connectivity index (χ1) is 6.15. The van der Waals surface area contributed by atoms with E-state index in [9.17, 15) is 0 Å². The molecule has 1 N–H and O–H groups in total. The summed E-state index contributed by atoms with van der Waals surface area (Å²) in [5, 5.41) is 9.08. The van der Waals surface area contributed by atoms with Gasteiger partial charge >= 0.3 is 0 Å². The van der Waals surface area contributed by atoms with Gasteiger partial charge in [-0.05, 0) is 36.1 Å². The molecule has 1 aromatic heterocycles. The molecule has 0 aliphatic heterocycles. The van der Waals surface area contributed by atoms with Crippen molar-refractivity contribution < 1.29 is 9.52 Å². The topological polar surface area (TPSA) is 33.4 Å². The van der Waals surface area contributed by atoms with Crippen molar-refractivity contribution in [2.45, 2.75) is 20.8 Å². The third-order valence-electron chi connectivity index (χ3n) is 2.14. The Morgan fingerprint density at radius 1 is 1.62 bits per heavy atom. The van der Waals surface area contributed by atoms with Crippen LogP contribution in [0.3, 0.4) is 0 Å². The Hall–Kier alpha value is -1.02. The van der Waals surface area contributed by atoms with E-state index in [1.807, 2.05) is 19.1 Å². The van der Waals surface area contributed by atoms with Crippen LogP contribution in [0.1, 0.15) is 25.2 Å². The van der Waals surface area contributed by atoms with Crippen LogP contribution >= 0.6 is 0 Å². The van der Waals surface area contributed by atoms with Crippen LogP contribution in [0.4, 0.5) is 0 Å². The van der Waals surface area contributed by atoms with Gasteiger partial charge in [-0.3, -0.25) is 0 Å². The third-order valence-corrected chi connectivity index (χ3v) is 2.14. The van der Waals surface area contributed by atoms with Crippen molar-refractivity contribution in [3.63, 3.8) is 0 Å². The summed E-state index contributed by atoms with van der Waals surface area (Å²) in [6.45, 7) is 6.20. The molecule has 0 fully saturated rings. The van der Waals surface area contributed by atoms with Gasteiger partial charge in [-0.15, -0.1) is 0 Å². The normalized spacial score (nSPS) is 12.5. The lowest BCUT2D eigenvalue weighted by Crippen LogP contribution is -1.98. The fourth-order valence-corrected chi connectivity index (χ4v) is 1.10. The Balaban J connectivity index is 2.91. The zero-order valence-electron chi connectivity index (χ0n) is 8.37. The second-order valence-electron chi connectivity index (χ2n) is 3.50. The molecule has 2 heteroatoms. The van der Waals surface area contributed by atoms with Crippen LogP contribution in [-0.2, 0) is 0 Å². The molecule has 72 valence electrons. The maximum absolute atomic E-state index is 9.08. The number of aliphatic hydroxyl groups excluding tert-OH is 1. The molecule has 1 rings (SSSR count). The van der Waals surface area contributed by atoms with E-state index in [1.54, 1.807) is 6.26 Å². The standard InChI is InChI=1S/C11H16O2/c1-8(2)10(7-12)6-11-9(3)4-5-13-11/h4-6,8,12H,7H2,1-3H3/b10-6+. The van der Waals surface area contributed by atoms with Crippen LogP contribution in [0.2, 0.25) is 0 Å². The molecule has 0 unspecified atom stereocenters. The minimum absolute atomic E-state index is 0.0950. The molecule has 0 aliphatic rings. The Labute approximate surface area is 78.9 Å². The van der Waals surface area contributed by atoms with Gasteiger partial charge in [-0.25, -0.2) is 0 Å². The number of furan rings is 1. The van der Waals surface area contributed by atoms with E-state index >= 15 is 0 Å². The fourth-order valence-electron chi connectivity index (χ4n) is 1.10. The molecule has 0 bridgehead atoms. The lowest BCUT2D eigenvalue weighted by Gasteiger charge is -2.06. The van der Waals surface area contributed by atoms with Crippen LogP contribution in [0, 0.1) is 12.8 Å². The SMILES string of the molecule is Cc1ccoc1/C=C(\CO)C(C)C. The zero-order valence-corrected chi connectivity index (χ0v) is 8.37. The van der Waals surface area contributed by atoms with Crippen molar-refractivity contribution in [1.82, 2.24) is 0 Å². The van der Waals surface area contributed by atoms with Gasteiger partial charge < -0.3 is 9.52 Å². The highest BCUT2D eigenvalue weighted by atomic mass is 16.3. The quantitative estimate of drug-likeness (QED) is 0.775. The predicted molar refractivity (Wildman–Crippen MR) is 53.3 cm³/mol. The van der Waals surface area contributed by atoms with Gasteiger partial charge in [0.05, 0.1) is 12.9 Å². The number of aliphatic hydroxyl groups is 1. The van der Waals surface area contributed by atoms with Crippen molar-refractivity contribution in [2.24, 2.45) is 5.92 Å². The van der Waals surface area contributed by atoms with Crippen LogP contribution in [0.15, 0.2) is 22.3 Å². The van der Waals surface area contributed by atoms with Gasteiger partial charge in [-0.1, -0.05) is 13.8 Å². The number of hydrogen-bond donors (Lipinski definition) is 1. The second kappa shape index (κ2) is 4.28. The lowest BCUT2D eigenvalue weighted by atomic mass is 10.0. The third kappa shape index (κ3) is 2.46. The minimum atomic E-state index is 0.0950. The molecule has 2 nitrogen and oxygen atoms in total. The van der Waals surface area contributed by atoms with E-state index in [4.69, 9.17) is 9.52 Å². The molecule has 0 amide bonds. The molecule has 0 saturated carbocycles. The first-order valence-corrected chi connectivity index (χ1v) is 4.50. The van der Waals surface area contributed by atoms with Gasteiger partial charge in [-0.2, -0.15) is 0 Å². The van der Waals surface area contributed by atoms with E-state index in [1.165, 1.54) is 0 Å². The molecule has 0 aliphatic carbocycles.